The van der Waals surface area contributed by atoms with Crippen LogP contribution in [0.1, 0.15) is 26.7 Å². The second kappa shape index (κ2) is 4.29. The lowest BCUT2D eigenvalue weighted by Gasteiger charge is -2.36. The van der Waals surface area contributed by atoms with E-state index >= 15 is 0 Å². The average molecular weight is 302 g/mol. The van der Waals surface area contributed by atoms with Gasteiger partial charge in [0.05, 0.1) is 0 Å². The van der Waals surface area contributed by atoms with E-state index in [0.717, 1.165) is 0 Å². The molecule has 0 radical (unpaired) electrons. The zero-order valence-electron chi connectivity index (χ0n) is 9.64. The summed E-state index contributed by atoms with van der Waals surface area (Å²) in [6, 6.07) is 2.96. The maximum atomic E-state index is 13.6. The first-order valence-corrected chi connectivity index (χ1v) is 6.31. The predicted molar refractivity (Wildman–Crippen MR) is 66.7 cm³/mol. The third-order valence-electron chi connectivity index (χ3n) is 3.12. The molecule has 0 atom stereocenters. The number of ether oxygens (including phenoxy) is 1. The molecule has 1 aliphatic heterocycles. The first-order chi connectivity index (χ1) is 8.02. The van der Waals surface area contributed by atoms with Crippen LogP contribution in [0.2, 0.25) is 0 Å². The molecule has 92 valence electrons. The van der Waals surface area contributed by atoms with Gasteiger partial charge >= 0.3 is 0 Å². The number of carbonyl (C=O) groups excluding carboxylic acids is 1. The minimum absolute atomic E-state index is 0.121. The number of nitrogens with one attached hydrogen (secondary N) is 1. The maximum Gasteiger partial charge on any atom is 0.268 e. The highest BCUT2D eigenvalue weighted by Gasteiger charge is 2.42. The number of benzene rings is 1. The van der Waals surface area contributed by atoms with Crippen molar-refractivity contribution in [3.05, 3.63) is 22.4 Å². The molecule has 5 heteroatoms. The van der Waals surface area contributed by atoms with Gasteiger partial charge in [-0.3, -0.25) is 4.79 Å². The molecule has 1 aliphatic rings. The zero-order chi connectivity index (χ0) is 12.6. The molecule has 1 amide bonds. The Morgan fingerprint density at radius 3 is 2.65 bits per heavy atom. The molecule has 2 rings (SSSR count). The molecule has 0 bridgehead atoms. The fourth-order valence-corrected chi connectivity index (χ4v) is 2.36. The van der Waals surface area contributed by atoms with Crippen LogP contribution in [-0.2, 0) is 4.79 Å². The topological polar surface area (TPSA) is 38.3 Å². The second-order valence-corrected chi connectivity index (χ2v) is 4.93. The van der Waals surface area contributed by atoms with Crippen molar-refractivity contribution in [2.45, 2.75) is 32.3 Å². The first-order valence-electron chi connectivity index (χ1n) is 5.52. The third kappa shape index (κ3) is 1.92. The Morgan fingerprint density at radius 1 is 1.41 bits per heavy atom. The van der Waals surface area contributed by atoms with E-state index in [4.69, 9.17) is 4.74 Å². The lowest BCUT2D eigenvalue weighted by atomic mass is 9.94. The molecule has 17 heavy (non-hydrogen) atoms. The van der Waals surface area contributed by atoms with E-state index in [2.05, 4.69) is 21.2 Å². The van der Waals surface area contributed by atoms with Gasteiger partial charge in [-0.05, 0) is 25.0 Å². The molecular weight excluding hydrogens is 289 g/mol. The number of fused-ring (bicyclic) bond motifs is 1. The van der Waals surface area contributed by atoms with Crippen LogP contribution in [0.4, 0.5) is 10.1 Å². The van der Waals surface area contributed by atoms with Gasteiger partial charge in [-0.15, -0.1) is 0 Å². The van der Waals surface area contributed by atoms with Gasteiger partial charge in [0.2, 0.25) is 0 Å². The van der Waals surface area contributed by atoms with Crippen LogP contribution >= 0.6 is 15.9 Å². The number of carbonyl (C=O) groups is 1. The van der Waals surface area contributed by atoms with Crippen LogP contribution < -0.4 is 10.1 Å². The molecule has 0 unspecified atom stereocenters. The van der Waals surface area contributed by atoms with Gasteiger partial charge < -0.3 is 10.1 Å². The summed E-state index contributed by atoms with van der Waals surface area (Å²) >= 11 is 3.21. The number of halogens is 2. The van der Waals surface area contributed by atoms with Crippen LogP contribution in [0.15, 0.2) is 16.6 Å². The van der Waals surface area contributed by atoms with Gasteiger partial charge in [-0.1, -0.05) is 29.8 Å². The fraction of sp³-hybridized carbons (Fsp3) is 0.417. The van der Waals surface area contributed by atoms with Crippen molar-refractivity contribution in [1.82, 2.24) is 0 Å². The van der Waals surface area contributed by atoms with Crippen LogP contribution in [-0.4, -0.2) is 11.5 Å². The number of rotatable bonds is 2. The van der Waals surface area contributed by atoms with E-state index in [1.807, 2.05) is 13.8 Å². The van der Waals surface area contributed by atoms with Crippen LogP contribution in [0.25, 0.3) is 0 Å². The average Bonchev–Trinajstić information content (AvgIpc) is 2.29. The third-order valence-corrected chi connectivity index (χ3v) is 3.58. The highest BCUT2D eigenvalue weighted by Crippen LogP contribution is 2.40. The molecule has 0 saturated heterocycles. The molecule has 3 nitrogen and oxygen atoms in total. The van der Waals surface area contributed by atoms with Crippen molar-refractivity contribution in [3.63, 3.8) is 0 Å². The van der Waals surface area contributed by atoms with Gasteiger partial charge in [0, 0.05) is 4.47 Å². The summed E-state index contributed by atoms with van der Waals surface area (Å²) in [6.45, 7) is 3.75. The Kier molecular flexibility index (Phi) is 3.12. The van der Waals surface area contributed by atoms with E-state index in [1.54, 1.807) is 6.07 Å². The molecule has 1 N–H and O–H groups in total. The summed E-state index contributed by atoms with van der Waals surface area (Å²) in [7, 11) is 0. The number of anilines is 1. The van der Waals surface area contributed by atoms with E-state index in [9.17, 15) is 9.18 Å². The largest absolute Gasteiger partial charge is 0.475 e. The zero-order valence-corrected chi connectivity index (χ0v) is 11.2. The lowest BCUT2D eigenvalue weighted by molar-refractivity contribution is -0.133. The van der Waals surface area contributed by atoms with Gasteiger partial charge in [-0.2, -0.15) is 0 Å². The first kappa shape index (κ1) is 12.4. The van der Waals surface area contributed by atoms with Gasteiger partial charge in [0.15, 0.2) is 11.4 Å². The predicted octanol–water partition coefficient (Wildman–Crippen LogP) is 3.48. The molecule has 0 fully saturated rings. The molecule has 0 saturated carbocycles. The van der Waals surface area contributed by atoms with E-state index in [-0.39, 0.29) is 11.6 Å². The van der Waals surface area contributed by atoms with Crippen LogP contribution in [0.5, 0.6) is 5.75 Å². The molecule has 1 aromatic carbocycles. The van der Waals surface area contributed by atoms with Crippen molar-refractivity contribution in [2.24, 2.45) is 0 Å². The van der Waals surface area contributed by atoms with Crippen molar-refractivity contribution < 1.29 is 13.9 Å². The highest BCUT2D eigenvalue weighted by molar-refractivity contribution is 9.10. The van der Waals surface area contributed by atoms with Crippen LogP contribution in [0, 0.1) is 5.82 Å². The van der Waals surface area contributed by atoms with Crippen LogP contribution in [0.3, 0.4) is 0 Å². The normalized spacial score (nSPS) is 17.1. The Balaban J connectivity index is 2.51. The standard InChI is InChI=1S/C12H13BrFNO2/c1-3-12(4-2)11(16)15-10-8(14)5-7(13)6-9(10)17-12/h5-6H,3-4H2,1-2H3,(H,15,16). The fourth-order valence-electron chi connectivity index (χ4n) is 1.95. The molecule has 0 aromatic heterocycles. The smallest absolute Gasteiger partial charge is 0.268 e. The van der Waals surface area contributed by atoms with E-state index in [1.165, 1.54) is 6.07 Å². The van der Waals surface area contributed by atoms with E-state index in [0.29, 0.717) is 23.1 Å². The highest BCUT2D eigenvalue weighted by atomic mass is 79.9. The van der Waals surface area contributed by atoms with Crippen molar-refractivity contribution >= 4 is 27.5 Å². The van der Waals surface area contributed by atoms with Crippen molar-refractivity contribution in [1.29, 1.82) is 0 Å². The number of hydrogen-bond donors (Lipinski definition) is 1. The Bertz CT molecular complexity index is 472. The van der Waals surface area contributed by atoms with Gasteiger partial charge in [0.25, 0.3) is 5.91 Å². The van der Waals surface area contributed by atoms with Gasteiger partial charge in [0.1, 0.15) is 11.4 Å². The van der Waals surface area contributed by atoms with Gasteiger partial charge in [-0.25, -0.2) is 4.39 Å². The molecule has 0 aliphatic carbocycles. The lowest BCUT2D eigenvalue weighted by Crippen LogP contribution is -2.50. The summed E-state index contributed by atoms with van der Waals surface area (Å²) < 4.78 is 19.9. The summed E-state index contributed by atoms with van der Waals surface area (Å²) in [5, 5.41) is 2.59. The summed E-state index contributed by atoms with van der Waals surface area (Å²) in [5.41, 5.74) is -0.768. The number of amides is 1. The maximum absolute atomic E-state index is 13.6. The molecule has 0 spiro atoms. The Labute approximate surface area is 107 Å². The molecular formula is C12H13BrFNO2. The van der Waals surface area contributed by atoms with Crippen molar-refractivity contribution in [2.75, 3.05) is 5.32 Å². The quantitative estimate of drug-likeness (QED) is 0.908. The molecule has 1 heterocycles. The minimum Gasteiger partial charge on any atom is -0.475 e. The molecule has 1 aromatic rings. The summed E-state index contributed by atoms with van der Waals surface area (Å²) in [4.78, 5) is 12.0. The van der Waals surface area contributed by atoms with E-state index < -0.39 is 11.4 Å². The number of hydrogen-bond acceptors (Lipinski definition) is 2. The summed E-state index contributed by atoms with van der Waals surface area (Å²) in [6.07, 6.45) is 1.09. The Hall–Kier alpha value is -1.10. The Morgan fingerprint density at radius 2 is 2.06 bits per heavy atom. The monoisotopic (exact) mass is 301 g/mol. The SMILES string of the molecule is CCC1(CC)Oc2cc(Br)cc(F)c2NC1=O. The minimum atomic E-state index is -0.889. The summed E-state index contributed by atoms with van der Waals surface area (Å²) in [5.74, 6) is -0.403. The van der Waals surface area contributed by atoms with Crippen molar-refractivity contribution in [3.8, 4) is 5.75 Å². The second-order valence-electron chi connectivity index (χ2n) is 4.02.